The number of rotatable bonds is 7. The molecule has 0 aromatic rings. The summed E-state index contributed by atoms with van der Waals surface area (Å²) in [4.78, 5) is 0. The van der Waals surface area contributed by atoms with Crippen molar-refractivity contribution in [1.82, 2.24) is 9.03 Å². The van der Waals surface area contributed by atoms with Gasteiger partial charge in [-0.05, 0) is 0 Å². The molecular formula is C8H19N3O2S. The molecule has 0 atom stereocenters. The van der Waals surface area contributed by atoms with Crippen molar-refractivity contribution in [3.8, 4) is 0 Å². The molecule has 84 valence electrons. The van der Waals surface area contributed by atoms with E-state index in [2.05, 4.69) is 4.72 Å². The fraction of sp³-hybridized carbons (Fsp3) is 0.750. The lowest BCUT2D eigenvalue weighted by Crippen LogP contribution is -2.40. The average molecular weight is 221 g/mol. The molecule has 0 unspecified atom stereocenters. The van der Waals surface area contributed by atoms with E-state index >= 15 is 0 Å². The molecule has 0 heterocycles. The molecular weight excluding hydrogens is 202 g/mol. The van der Waals surface area contributed by atoms with Crippen LogP contribution in [0.15, 0.2) is 12.2 Å². The Morgan fingerprint density at radius 1 is 1.29 bits per heavy atom. The first-order valence-electron chi connectivity index (χ1n) is 4.68. The highest BCUT2D eigenvalue weighted by Crippen LogP contribution is 1.95. The average Bonchev–Trinajstić information content (AvgIpc) is 2.14. The molecule has 0 aliphatic carbocycles. The predicted molar refractivity (Wildman–Crippen MR) is 58.0 cm³/mol. The maximum absolute atomic E-state index is 11.5. The van der Waals surface area contributed by atoms with Gasteiger partial charge in [-0.15, -0.1) is 0 Å². The van der Waals surface area contributed by atoms with E-state index in [0.717, 1.165) is 0 Å². The van der Waals surface area contributed by atoms with Gasteiger partial charge in [0.15, 0.2) is 0 Å². The standard InChI is InChI=1S/C8H19N3O2S/c1-3-11(4-2)14(12,13)10-8-6-5-7-9/h5-6,10H,3-4,7-9H2,1-2H3/b6-5+. The van der Waals surface area contributed by atoms with Gasteiger partial charge in [0.1, 0.15) is 0 Å². The van der Waals surface area contributed by atoms with Crippen molar-refractivity contribution in [3.63, 3.8) is 0 Å². The van der Waals surface area contributed by atoms with Crippen molar-refractivity contribution in [2.45, 2.75) is 13.8 Å². The highest BCUT2D eigenvalue weighted by Gasteiger charge is 2.16. The predicted octanol–water partition coefficient (Wildman–Crippen LogP) is -0.322. The molecule has 0 spiro atoms. The van der Waals surface area contributed by atoms with Gasteiger partial charge in [-0.3, -0.25) is 0 Å². The summed E-state index contributed by atoms with van der Waals surface area (Å²) in [5.41, 5.74) is 5.22. The molecule has 0 aromatic carbocycles. The zero-order valence-electron chi connectivity index (χ0n) is 8.73. The van der Waals surface area contributed by atoms with Gasteiger partial charge in [0.2, 0.25) is 0 Å². The normalized spacial score (nSPS) is 12.9. The summed E-state index contributed by atoms with van der Waals surface area (Å²) in [6.45, 7) is 5.28. The molecule has 0 aliphatic heterocycles. The van der Waals surface area contributed by atoms with Crippen LogP contribution in [0.5, 0.6) is 0 Å². The van der Waals surface area contributed by atoms with E-state index in [1.165, 1.54) is 4.31 Å². The van der Waals surface area contributed by atoms with Gasteiger partial charge in [0.05, 0.1) is 0 Å². The quantitative estimate of drug-likeness (QED) is 0.578. The first kappa shape index (κ1) is 13.6. The summed E-state index contributed by atoms with van der Waals surface area (Å²) >= 11 is 0. The molecule has 0 bridgehead atoms. The minimum Gasteiger partial charge on any atom is -0.327 e. The molecule has 0 rings (SSSR count). The zero-order chi connectivity index (χ0) is 11.0. The molecule has 0 radical (unpaired) electrons. The topological polar surface area (TPSA) is 75.4 Å². The molecule has 0 amide bonds. The molecule has 0 saturated carbocycles. The third-order valence-electron chi connectivity index (χ3n) is 1.73. The highest BCUT2D eigenvalue weighted by atomic mass is 32.2. The number of nitrogens with two attached hydrogens (primary N) is 1. The van der Waals surface area contributed by atoms with Crippen molar-refractivity contribution in [2.75, 3.05) is 26.2 Å². The monoisotopic (exact) mass is 221 g/mol. The molecule has 14 heavy (non-hydrogen) atoms. The third-order valence-corrected chi connectivity index (χ3v) is 3.46. The van der Waals surface area contributed by atoms with Crippen molar-refractivity contribution in [1.29, 1.82) is 0 Å². The second kappa shape index (κ2) is 6.94. The minimum atomic E-state index is -3.31. The van der Waals surface area contributed by atoms with E-state index in [0.29, 0.717) is 19.6 Å². The van der Waals surface area contributed by atoms with Crippen molar-refractivity contribution >= 4 is 10.2 Å². The summed E-state index contributed by atoms with van der Waals surface area (Å²) in [5, 5.41) is 0. The fourth-order valence-electron chi connectivity index (χ4n) is 0.988. The summed E-state index contributed by atoms with van der Waals surface area (Å²) in [6.07, 6.45) is 3.41. The highest BCUT2D eigenvalue weighted by molar-refractivity contribution is 7.87. The van der Waals surface area contributed by atoms with E-state index in [1.54, 1.807) is 26.0 Å². The molecule has 0 fully saturated rings. The number of nitrogens with one attached hydrogen (secondary N) is 1. The first-order chi connectivity index (χ1) is 6.58. The number of hydrogen-bond acceptors (Lipinski definition) is 3. The fourth-order valence-corrected chi connectivity index (χ4v) is 2.16. The second-order valence-corrected chi connectivity index (χ2v) is 4.40. The molecule has 0 saturated heterocycles. The lowest BCUT2D eigenvalue weighted by molar-refractivity contribution is 0.437. The smallest absolute Gasteiger partial charge is 0.279 e. The van der Waals surface area contributed by atoms with Gasteiger partial charge in [-0.25, -0.2) is 0 Å². The van der Waals surface area contributed by atoms with Gasteiger partial charge < -0.3 is 5.73 Å². The molecule has 5 nitrogen and oxygen atoms in total. The van der Waals surface area contributed by atoms with Crippen LogP contribution in [-0.4, -0.2) is 38.9 Å². The van der Waals surface area contributed by atoms with Crippen LogP contribution < -0.4 is 10.5 Å². The van der Waals surface area contributed by atoms with Crippen LogP contribution in [0.2, 0.25) is 0 Å². The van der Waals surface area contributed by atoms with Gasteiger partial charge in [0, 0.05) is 26.2 Å². The number of hydrogen-bond donors (Lipinski definition) is 2. The molecule has 0 aromatic heterocycles. The Morgan fingerprint density at radius 3 is 2.29 bits per heavy atom. The van der Waals surface area contributed by atoms with Gasteiger partial charge in [0.25, 0.3) is 10.2 Å². The zero-order valence-corrected chi connectivity index (χ0v) is 9.55. The molecule has 0 aliphatic rings. The van der Waals surface area contributed by atoms with Crippen LogP contribution >= 0.6 is 0 Å². The second-order valence-electron chi connectivity index (χ2n) is 2.64. The Kier molecular flexibility index (Phi) is 6.73. The van der Waals surface area contributed by atoms with Crippen LogP contribution in [0.1, 0.15) is 13.8 Å². The van der Waals surface area contributed by atoms with E-state index in [-0.39, 0.29) is 6.54 Å². The van der Waals surface area contributed by atoms with Crippen molar-refractivity contribution < 1.29 is 8.42 Å². The van der Waals surface area contributed by atoms with Gasteiger partial charge in [-0.1, -0.05) is 26.0 Å². The summed E-state index contributed by atoms with van der Waals surface area (Å²) in [5.74, 6) is 0. The molecule has 3 N–H and O–H groups in total. The Balaban J connectivity index is 4.13. The maximum atomic E-state index is 11.5. The van der Waals surface area contributed by atoms with Crippen LogP contribution in [0, 0.1) is 0 Å². The largest absolute Gasteiger partial charge is 0.327 e. The van der Waals surface area contributed by atoms with Crippen molar-refractivity contribution in [2.24, 2.45) is 5.73 Å². The van der Waals surface area contributed by atoms with Crippen LogP contribution in [0.25, 0.3) is 0 Å². The summed E-state index contributed by atoms with van der Waals surface area (Å²) < 4.78 is 26.8. The minimum absolute atomic E-state index is 0.288. The van der Waals surface area contributed by atoms with E-state index in [4.69, 9.17) is 5.73 Å². The van der Waals surface area contributed by atoms with Crippen LogP contribution in [-0.2, 0) is 10.2 Å². The van der Waals surface area contributed by atoms with E-state index < -0.39 is 10.2 Å². The molecule has 6 heteroatoms. The van der Waals surface area contributed by atoms with Gasteiger partial charge >= 0.3 is 0 Å². The maximum Gasteiger partial charge on any atom is 0.279 e. The van der Waals surface area contributed by atoms with Gasteiger partial charge in [-0.2, -0.15) is 17.4 Å². The first-order valence-corrected chi connectivity index (χ1v) is 6.12. The lowest BCUT2D eigenvalue weighted by atomic mass is 10.5. The van der Waals surface area contributed by atoms with Crippen LogP contribution in [0.3, 0.4) is 0 Å². The van der Waals surface area contributed by atoms with E-state index in [1.807, 2.05) is 0 Å². The summed E-state index contributed by atoms with van der Waals surface area (Å²) in [7, 11) is -3.31. The van der Waals surface area contributed by atoms with Crippen LogP contribution in [0.4, 0.5) is 0 Å². The lowest BCUT2D eigenvalue weighted by Gasteiger charge is -2.17. The van der Waals surface area contributed by atoms with Crippen molar-refractivity contribution in [3.05, 3.63) is 12.2 Å². The summed E-state index contributed by atoms with van der Waals surface area (Å²) in [6, 6.07) is 0. The Labute approximate surface area is 86.1 Å². The number of nitrogens with zero attached hydrogens (tertiary/aromatic N) is 1. The van der Waals surface area contributed by atoms with E-state index in [9.17, 15) is 8.42 Å². The third kappa shape index (κ3) is 4.71. The Morgan fingerprint density at radius 2 is 1.86 bits per heavy atom. The Hall–Kier alpha value is -0.430. The Bertz CT molecular complexity index is 258. The SMILES string of the molecule is CCN(CC)S(=O)(=O)NC/C=C/CN.